The minimum Gasteiger partial charge on any atom is -0.497 e. The second kappa shape index (κ2) is 8.92. The Morgan fingerprint density at radius 3 is 2.35 bits per heavy atom. The predicted octanol–water partition coefficient (Wildman–Crippen LogP) is 4.10. The van der Waals surface area contributed by atoms with Crippen LogP contribution in [0.3, 0.4) is 0 Å². The number of imide groups is 1. The lowest BCUT2D eigenvalue weighted by molar-refractivity contribution is -0.142. The third-order valence-corrected chi connectivity index (χ3v) is 7.68. The Balaban J connectivity index is 1.47. The Kier molecular flexibility index (Phi) is 5.56. The Labute approximate surface area is 214 Å². The summed E-state index contributed by atoms with van der Waals surface area (Å²) in [6, 6.07) is 21.0. The average molecular weight is 495 g/mol. The number of methoxy groups -OCH3 is 2. The summed E-state index contributed by atoms with van der Waals surface area (Å²) in [6.45, 7) is 0.180. The molecule has 3 aliphatic rings. The Hall–Kier alpha value is -4.39. The van der Waals surface area contributed by atoms with Crippen LogP contribution < -0.4 is 9.47 Å². The van der Waals surface area contributed by atoms with Crippen LogP contribution in [-0.4, -0.2) is 47.7 Å². The van der Waals surface area contributed by atoms with E-state index in [4.69, 9.17) is 9.47 Å². The highest BCUT2D eigenvalue weighted by molar-refractivity contribution is 6.12. The van der Waals surface area contributed by atoms with Gasteiger partial charge in [-0.2, -0.15) is 0 Å². The predicted molar refractivity (Wildman–Crippen MR) is 137 cm³/mol. The van der Waals surface area contributed by atoms with Crippen molar-refractivity contribution in [3.8, 4) is 11.5 Å². The van der Waals surface area contributed by atoms with Gasteiger partial charge in [0, 0.05) is 6.20 Å². The van der Waals surface area contributed by atoms with Crippen LogP contribution in [0.15, 0.2) is 79.0 Å². The fraction of sp³-hybridized carbons (Fsp3) is 0.233. The summed E-state index contributed by atoms with van der Waals surface area (Å²) in [5.41, 5.74) is 3.11. The van der Waals surface area contributed by atoms with Crippen LogP contribution in [0.1, 0.15) is 33.1 Å². The van der Waals surface area contributed by atoms with Gasteiger partial charge in [-0.25, -0.2) is 0 Å². The summed E-state index contributed by atoms with van der Waals surface area (Å²) < 4.78 is 10.9. The summed E-state index contributed by atoms with van der Waals surface area (Å²) >= 11 is 0. The second-order valence-corrected chi connectivity index (χ2v) is 9.51. The summed E-state index contributed by atoms with van der Waals surface area (Å²) in [6.07, 6.45) is 3.79. The number of hydrogen-bond acceptors (Lipinski definition) is 6. The topological polar surface area (TPSA) is 76.1 Å². The Morgan fingerprint density at radius 2 is 1.59 bits per heavy atom. The van der Waals surface area contributed by atoms with Gasteiger partial charge in [-0.3, -0.25) is 19.3 Å². The number of carbonyl (C=O) groups is 3. The van der Waals surface area contributed by atoms with Crippen molar-refractivity contribution in [2.45, 2.75) is 18.6 Å². The molecule has 7 heteroatoms. The van der Waals surface area contributed by atoms with Gasteiger partial charge in [0.1, 0.15) is 17.5 Å². The molecule has 4 atom stereocenters. The highest BCUT2D eigenvalue weighted by atomic mass is 16.5. The third-order valence-electron chi connectivity index (χ3n) is 7.68. The molecule has 2 amide bonds. The van der Waals surface area contributed by atoms with E-state index in [1.807, 2.05) is 71.8 Å². The van der Waals surface area contributed by atoms with E-state index in [-0.39, 0.29) is 24.1 Å². The number of carbonyl (C=O) groups excluding carboxylic acids is 3. The Bertz CT molecular complexity index is 1430. The van der Waals surface area contributed by atoms with E-state index < -0.39 is 23.9 Å². The molecule has 3 aromatic rings. The lowest BCUT2D eigenvalue weighted by Gasteiger charge is -2.35. The molecule has 0 N–H and O–H groups in total. The van der Waals surface area contributed by atoms with Crippen molar-refractivity contribution >= 4 is 23.7 Å². The molecule has 0 aliphatic carbocycles. The molecule has 0 radical (unpaired) electrons. The first kappa shape index (κ1) is 23.0. The minimum absolute atomic E-state index is 0.180. The van der Waals surface area contributed by atoms with E-state index >= 15 is 0 Å². The molecule has 0 aromatic heterocycles. The van der Waals surface area contributed by atoms with Gasteiger partial charge in [0.25, 0.3) is 0 Å². The molecular weight excluding hydrogens is 468 g/mol. The van der Waals surface area contributed by atoms with E-state index in [0.717, 1.165) is 16.7 Å². The van der Waals surface area contributed by atoms with Crippen molar-refractivity contribution < 1.29 is 23.9 Å². The second-order valence-electron chi connectivity index (χ2n) is 9.51. The van der Waals surface area contributed by atoms with E-state index in [9.17, 15) is 14.4 Å². The van der Waals surface area contributed by atoms with Crippen LogP contribution in [0.2, 0.25) is 0 Å². The van der Waals surface area contributed by atoms with Crippen LogP contribution in [0.5, 0.6) is 11.5 Å². The van der Waals surface area contributed by atoms with Gasteiger partial charge >= 0.3 is 0 Å². The Morgan fingerprint density at radius 1 is 0.865 bits per heavy atom. The highest BCUT2D eigenvalue weighted by Crippen LogP contribution is 2.53. The van der Waals surface area contributed by atoms with Gasteiger partial charge in [0.05, 0.1) is 44.2 Å². The first-order valence-electron chi connectivity index (χ1n) is 12.2. The van der Waals surface area contributed by atoms with Crippen molar-refractivity contribution in [2.24, 2.45) is 11.8 Å². The fourth-order valence-corrected chi connectivity index (χ4v) is 6.01. The number of benzene rings is 3. The number of ether oxygens (including phenoxy) is 2. The normalized spacial score (nSPS) is 23.5. The van der Waals surface area contributed by atoms with Crippen molar-refractivity contribution in [3.63, 3.8) is 0 Å². The molecule has 186 valence electrons. The van der Waals surface area contributed by atoms with Gasteiger partial charge in [-0.1, -0.05) is 54.6 Å². The number of hydrogen-bond donors (Lipinski definition) is 0. The number of amides is 2. The number of fused-ring (bicyclic) bond motifs is 5. The lowest BCUT2D eigenvalue weighted by Crippen LogP contribution is -2.44. The van der Waals surface area contributed by atoms with Gasteiger partial charge in [0.15, 0.2) is 5.78 Å². The number of ketones is 1. The highest BCUT2D eigenvalue weighted by Gasteiger charge is 2.64. The van der Waals surface area contributed by atoms with Crippen molar-refractivity contribution in [1.29, 1.82) is 0 Å². The first-order chi connectivity index (χ1) is 18.0. The molecule has 3 aliphatic heterocycles. The largest absolute Gasteiger partial charge is 0.497 e. The number of nitrogens with zero attached hydrogens (tertiary/aromatic N) is 2. The maximum absolute atomic E-state index is 14.2. The van der Waals surface area contributed by atoms with E-state index in [2.05, 4.69) is 0 Å². The van der Waals surface area contributed by atoms with Crippen LogP contribution in [-0.2, 0) is 16.1 Å². The quantitative estimate of drug-likeness (QED) is 0.380. The van der Waals surface area contributed by atoms with Crippen LogP contribution >= 0.6 is 0 Å². The smallest absolute Gasteiger partial charge is 0.236 e. The van der Waals surface area contributed by atoms with Crippen LogP contribution in [0, 0.1) is 11.8 Å². The molecule has 0 bridgehead atoms. The molecule has 0 unspecified atom stereocenters. The first-order valence-corrected chi connectivity index (χ1v) is 12.2. The van der Waals surface area contributed by atoms with Crippen LogP contribution in [0.4, 0.5) is 0 Å². The zero-order chi connectivity index (χ0) is 25.7. The number of rotatable bonds is 6. The minimum atomic E-state index is -0.863. The fourth-order valence-electron chi connectivity index (χ4n) is 6.01. The van der Waals surface area contributed by atoms with Crippen LogP contribution in [0.25, 0.3) is 6.08 Å². The summed E-state index contributed by atoms with van der Waals surface area (Å²) in [4.78, 5) is 45.3. The lowest BCUT2D eigenvalue weighted by atomic mass is 9.83. The third kappa shape index (κ3) is 3.53. The average Bonchev–Trinajstić information content (AvgIpc) is 3.41. The zero-order valence-corrected chi connectivity index (χ0v) is 20.5. The molecule has 2 fully saturated rings. The van der Waals surface area contributed by atoms with Crippen molar-refractivity contribution in [1.82, 2.24) is 9.80 Å². The maximum atomic E-state index is 14.2. The van der Waals surface area contributed by atoms with E-state index in [0.29, 0.717) is 17.1 Å². The number of likely N-dealkylation sites (tertiary alicyclic amines) is 1. The van der Waals surface area contributed by atoms with E-state index in [1.54, 1.807) is 18.2 Å². The molecule has 0 saturated carbocycles. The molecule has 37 heavy (non-hydrogen) atoms. The molecule has 0 spiro atoms. The molecular formula is C30H26N2O5. The molecule has 2 saturated heterocycles. The van der Waals surface area contributed by atoms with Gasteiger partial charge in [-0.05, 0) is 41.0 Å². The standard InChI is InChI=1S/C30H26N2O5/c1-36-20-12-13-23(37-2)22(16-20)28(33)27-25-24(26-21-11-7-6-10-19(21)14-15-31(26)27)29(34)32(30(25)35)17-18-8-4-3-5-9-18/h3-16,24-27H,17H2,1-2H3/t24-,25-,26-,27+/m1/s1. The van der Waals surface area contributed by atoms with Gasteiger partial charge in [-0.15, -0.1) is 0 Å². The van der Waals surface area contributed by atoms with E-state index in [1.165, 1.54) is 19.1 Å². The maximum Gasteiger partial charge on any atom is 0.236 e. The van der Waals surface area contributed by atoms with Crippen molar-refractivity contribution in [2.75, 3.05) is 14.2 Å². The SMILES string of the molecule is COc1ccc(OC)c(C(=O)[C@@H]2[C@@H]3C(=O)N(Cc4ccccc4)C(=O)[C@H]3[C@H]3c4ccccc4C=CN23)c1. The monoisotopic (exact) mass is 494 g/mol. The summed E-state index contributed by atoms with van der Waals surface area (Å²) in [7, 11) is 3.03. The van der Waals surface area contributed by atoms with Crippen molar-refractivity contribution in [3.05, 3.63) is 101 Å². The zero-order valence-electron chi connectivity index (χ0n) is 20.5. The molecule has 6 rings (SSSR count). The summed E-state index contributed by atoms with van der Waals surface area (Å²) in [5, 5.41) is 0. The molecule has 3 heterocycles. The van der Waals surface area contributed by atoms with Gasteiger partial charge in [0.2, 0.25) is 11.8 Å². The molecule has 3 aromatic carbocycles. The van der Waals surface area contributed by atoms with Gasteiger partial charge < -0.3 is 14.4 Å². The molecule has 7 nitrogen and oxygen atoms in total. The summed E-state index contributed by atoms with van der Waals surface area (Å²) in [5.74, 6) is -1.43. The number of Topliss-reactive ketones (excluding diaryl/α,β-unsaturated/α-hetero) is 1.